The first-order valence-electron chi connectivity index (χ1n) is 7.80. The normalized spacial score (nSPS) is 21.9. The van der Waals surface area contributed by atoms with E-state index in [-0.39, 0.29) is 0 Å². The van der Waals surface area contributed by atoms with Gasteiger partial charge in [0, 0.05) is 25.0 Å². The molecule has 0 saturated heterocycles. The van der Waals surface area contributed by atoms with Gasteiger partial charge in [0.1, 0.15) is 0 Å². The number of rotatable bonds is 6. The van der Waals surface area contributed by atoms with E-state index in [1.165, 1.54) is 12.0 Å². The molecule has 0 bridgehead atoms. The van der Waals surface area contributed by atoms with E-state index in [4.69, 9.17) is 0 Å². The molecule has 1 aromatic rings. The summed E-state index contributed by atoms with van der Waals surface area (Å²) >= 11 is 0. The topological polar surface area (TPSA) is 36.4 Å². The molecule has 0 radical (unpaired) electrons. The standard InChI is InChI=1S/C17H27N3/c1-4-18-17(19-11-10-13(2)3)20-16-12-15(16)14-8-6-5-7-9-14/h5-9,13,15-16H,4,10-12H2,1-3H3,(H2,18,19,20). The van der Waals surface area contributed by atoms with Crippen LogP contribution >= 0.6 is 0 Å². The summed E-state index contributed by atoms with van der Waals surface area (Å²) in [6, 6.07) is 11.3. The van der Waals surface area contributed by atoms with Crippen LogP contribution in [0.3, 0.4) is 0 Å². The van der Waals surface area contributed by atoms with Gasteiger partial charge in [-0.2, -0.15) is 0 Å². The molecule has 0 spiro atoms. The third-order valence-electron chi connectivity index (χ3n) is 3.66. The van der Waals surface area contributed by atoms with E-state index >= 15 is 0 Å². The quantitative estimate of drug-likeness (QED) is 0.617. The molecule has 1 aliphatic rings. The Kier molecular flexibility index (Phi) is 5.45. The minimum atomic E-state index is 0.536. The molecule has 2 atom stereocenters. The minimum absolute atomic E-state index is 0.536. The molecule has 0 amide bonds. The zero-order valence-electron chi connectivity index (χ0n) is 12.9. The number of hydrogen-bond donors (Lipinski definition) is 2. The molecule has 1 aromatic carbocycles. The van der Waals surface area contributed by atoms with Crippen molar-refractivity contribution in [3.63, 3.8) is 0 Å². The van der Waals surface area contributed by atoms with Crippen molar-refractivity contribution in [1.82, 2.24) is 10.6 Å². The Morgan fingerprint density at radius 1 is 1.30 bits per heavy atom. The molecule has 2 N–H and O–H groups in total. The lowest BCUT2D eigenvalue weighted by molar-refractivity contribution is 0.594. The minimum Gasteiger partial charge on any atom is -0.357 e. The number of aliphatic imine (C=N–C) groups is 1. The van der Waals surface area contributed by atoms with E-state index in [9.17, 15) is 0 Å². The van der Waals surface area contributed by atoms with E-state index in [0.717, 1.165) is 25.5 Å². The lowest BCUT2D eigenvalue weighted by Crippen LogP contribution is -2.39. The number of nitrogens with zero attached hydrogens (tertiary/aromatic N) is 1. The lowest BCUT2D eigenvalue weighted by atomic mass is 10.1. The summed E-state index contributed by atoms with van der Waals surface area (Å²) in [5.41, 5.74) is 1.43. The highest BCUT2D eigenvalue weighted by Gasteiger charge is 2.38. The Hall–Kier alpha value is -1.51. The molecular weight excluding hydrogens is 246 g/mol. The van der Waals surface area contributed by atoms with Crippen molar-refractivity contribution < 1.29 is 0 Å². The maximum absolute atomic E-state index is 4.66. The molecule has 2 rings (SSSR count). The van der Waals surface area contributed by atoms with Gasteiger partial charge in [-0.1, -0.05) is 44.2 Å². The summed E-state index contributed by atoms with van der Waals surface area (Å²) in [6.45, 7) is 8.40. The fraction of sp³-hybridized carbons (Fsp3) is 0.588. The summed E-state index contributed by atoms with van der Waals surface area (Å²) < 4.78 is 0. The average molecular weight is 273 g/mol. The zero-order valence-corrected chi connectivity index (χ0v) is 12.9. The fourth-order valence-corrected chi connectivity index (χ4v) is 2.35. The second-order valence-corrected chi connectivity index (χ2v) is 5.95. The molecule has 110 valence electrons. The predicted octanol–water partition coefficient (Wildman–Crippen LogP) is 3.14. The van der Waals surface area contributed by atoms with Crippen LogP contribution in [0.15, 0.2) is 35.3 Å². The largest absolute Gasteiger partial charge is 0.357 e. The Morgan fingerprint density at radius 3 is 2.70 bits per heavy atom. The van der Waals surface area contributed by atoms with E-state index in [1.54, 1.807) is 0 Å². The van der Waals surface area contributed by atoms with Gasteiger partial charge in [0.2, 0.25) is 0 Å². The smallest absolute Gasteiger partial charge is 0.191 e. The number of benzene rings is 1. The van der Waals surface area contributed by atoms with Gasteiger partial charge in [-0.3, -0.25) is 4.99 Å². The maximum Gasteiger partial charge on any atom is 0.191 e. The van der Waals surface area contributed by atoms with Crippen molar-refractivity contribution in [3.05, 3.63) is 35.9 Å². The summed E-state index contributed by atoms with van der Waals surface area (Å²) in [5.74, 6) is 2.32. The highest BCUT2D eigenvalue weighted by molar-refractivity contribution is 5.80. The third kappa shape index (κ3) is 4.55. The third-order valence-corrected chi connectivity index (χ3v) is 3.66. The summed E-state index contributed by atoms with van der Waals surface area (Å²) in [5, 5.41) is 6.89. The molecular formula is C17H27N3. The number of nitrogens with one attached hydrogen (secondary N) is 2. The zero-order chi connectivity index (χ0) is 14.4. The summed E-state index contributed by atoms with van der Waals surface area (Å²) in [6.07, 6.45) is 2.35. The summed E-state index contributed by atoms with van der Waals surface area (Å²) in [4.78, 5) is 4.66. The molecule has 0 aliphatic heterocycles. The van der Waals surface area contributed by atoms with Crippen LogP contribution in [0, 0.1) is 5.92 Å². The first kappa shape index (κ1) is 14.9. The van der Waals surface area contributed by atoms with Crippen LogP contribution in [0.1, 0.15) is 45.1 Å². The van der Waals surface area contributed by atoms with Gasteiger partial charge < -0.3 is 10.6 Å². The fourth-order valence-electron chi connectivity index (χ4n) is 2.35. The number of guanidine groups is 1. The van der Waals surface area contributed by atoms with Crippen molar-refractivity contribution in [1.29, 1.82) is 0 Å². The summed E-state index contributed by atoms with van der Waals surface area (Å²) in [7, 11) is 0. The van der Waals surface area contributed by atoms with Crippen molar-refractivity contribution >= 4 is 5.96 Å². The molecule has 3 heteroatoms. The molecule has 0 aromatic heterocycles. The van der Waals surface area contributed by atoms with E-state index in [0.29, 0.717) is 17.9 Å². The van der Waals surface area contributed by atoms with Crippen LogP contribution in [-0.4, -0.2) is 25.1 Å². The van der Waals surface area contributed by atoms with Crippen LogP contribution in [0.5, 0.6) is 0 Å². The molecule has 0 heterocycles. The van der Waals surface area contributed by atoms with Gasteiger partial charge in [0.25, 0.3) is 0 Å². The van der Waals surface area contributed by atoms with Crippen LogP contribution < -0.4 is 10.6 Å². The Morgan fingerprint density at radius 2 is 2.05 bits per heavy atom. The Labute approximate surface area is 122 Å². The second-order valence-electron chi connectivity index (χ2n) is 5.95. The first-order chi connectivity index (χ1) is 9.70. The average Bonchev–Trinajstić information content (AvgIpc) is 3.19. The molecule has 1 saturated carbocycles. The maximum atomic E-state index is 4.66. The first-order valence-corrected chi connectivity index (χ1v) is 7.80. The lowest BCUT2D eigenvalue weighted by Gasteiger charge is -2.11. The van der Waals surface area contributed by atoms with Crippen LogP contribution in [0.4, 0.5) is 0 Å². The van der Waals surface area contributed by atoms with E-state index < -0.39 is 0 Å². The monoisotopic (exact) mass is 273 g/mol. The van der Waals surface area contributed by atoms with E-state index in [1.807, 2.05) is 0 Å². The van der Waals surface area contributed by atoms with E-state index in [2.05, 4.69) is 66.7 Å². The van der Waals surface area contributed by atoms with Crippen LogP contribution in [-0.2, 0) is 0 Å². The molecule has 20 heavy (non-hydrogen) atoms. The van der Waals surface area contributed by atoms with Crippen molar-refractivity contribution in [2.24, 2.45) is 10.9 Å². The molecule has 1 fully saturated rings. The van der Waals surface area contributed by atoms with Crippen molar-refractivity contribution in [2.45, 2.75) is 45.6 Å². The Balaban J connectivity index is 1.84. The number of hydrogen-bond acceptors (Lipinski definition) is 1. The van der Waals surface area contributed by atoms with Gasteiger partial charge >= 0.3 is 0 Å². The van der Waals surface area contributed by atoms with Gasteiger partial charge in [-0.05, 0) is 31.2 Å². The van der Waals surface area contributed by atoms with Crippen LogP contribution in [0.25, 0.3) is 0 Å². The SMILES string of the molecule is CCNC(=NCCC(C)C)NC1CC1c1ccccc1. The van der Waals surface area contributed by atoms with Crippen LogP contribution in [0.2, 0.25) is 0 Å². The van der Waals surface area contributed by atoms with Crippen molar-refractivity contribution in [3.8, 4) is 0 Å². The molecule has 2 unspecified atom stereocenters. The van der Waals surface area contributed by atoms with Gasteiger partial charge in [-0.15, -0.1) is 0 Å². The highest BCUT2D eigenvalue weighted by atomic mass is 15.2. The highest BCUT2D eigenvalue weighted by Crippen LogP contribution is 2.40. The Bertz CT molecular complexity index is 425. The molecule has 3 nitrogen and oxygen atoms in total. The van der Waals surface area contributed by atoms with Gasteiger partial charge in [0.05, 0.1) is 0 Å². The second kappa shape index (κ2) is 7.32. The molecule has 1 aliphatic carbocycles. The predicted molar refractivity (Wildman–Crippen MR) is 86.2 cm³/mol. The van der Waals surface area contributed by atoms with Gasteiger partial charge in [0.15, 0.2) is 5.96 Å². The van der Waals surface area contributed by atoms with Crippen molar-refractivity contribution in [2.75, 3.05) is 13.1 Å². The van der Waals surface area contributed by atoms with Gasteiger partial charge in [-0.25, -0.2) is 0 Å².